The minimum atomic E-state index is -0.375. The number of nitrogens with zero attached hydrogens (tertiary/aromatic N) is 3. The fourth-order valence-corrected chi connectivity index (χ4v) is 3.96. The van der Waals surface area contributed by atoms with Gasteiger partial charge in [-0.3, -0.25) is 14.2 Å². The minimum Gasteiger partial charge on any atom is -0.322 e. The molecule has 0 spiro atoms. The summed E-state index contributed by atoms with van der Waals surface area (Å²) in [6.07, 6.45) is 5.31. The number of aryl methyl sites for hydroxylation is 1. The smallest absolute Gasteiger partial charge is 0.257 e. The lowest BCUT2D eigenvalue weighted by molar-refractivity contribution is 0.102. The Bertz CT molecular complexity index is 1540. The maximum atomic E-state index is 14.1. The van der Waals surface area contributed by atoms with Crippen molar-refractivity contribution < 1.29 is 13.6 Å². The average molecular weight is 454 g/mol. The molecule has 0 bridgehead atoms. The van der Waals surface area contributed by atoms with Gasteiger partial charge < -0.3 is 5.32 Å². The summed E-state index contributed by atoms with van der Waals surface area (Å²) in [7, 11) is 0. The van der Waals surface area contributed by atoms with E-state index in [0.29, 0.717) is 33.9 Å². The number of pyridine rings is 2. The van der Waals surface area contributed by atoms with Crippen molar-refractivity contribution in [3.8, 4) is 22.5 Å². The van der Waals surface area contributed by atoms with Gasteiger partial charge in [-0.15, -0.1) is 0 Å². The van der Waals surface area contributed by atoms with E-state index in [1.54, 1.807) is 38.4 Å². The summed E-state index contributed by atoms with van der Waals surface area (Å²) < 4.78 is 29.2. The van der Waals surface area contributed by atoms with Crippen LogP contribution in [0.4, 0.5) is 14.5 Å². The number of fused-ring (bicyclic) bond motifs is 1. The number of carbonyl (C=O) groups is 1. The standard InChI is InChI=1S/C27H20F2N4O/c1-16-21(5-3-7-24(16)29)26-31-15-25-22(6-4-12-33(25)26)18-13-23(17(2)30-14-18)27(34)32-20-10-8-19(28)9-11-20/h3-15H,1-2H3,(H,32,34). The highest BCUT2D eigenvalue weighted by molar-refractivity contribution is 6.05. The van der Waals surface area contributed by atoms with Crippen molar-refractivity contribution in [1.29, 1.82) is 0 Å². The molecule has 0 saturated heterocycles. The lowest BCUT2D eigenvalue weighted by atomic mass is 10.0. The molecule has 0 atom stereocenters. The van der Waals surface area contributed by atoms with Crippen LogP contribution in [0.5, 0.6) is 0 Å². The minimum absolute atomic E-state index is 0.287. The zero-order valence-corrected chi connectivity index (χ0v) is 18.5. The van der Waals surface area contributed by atoms with E-state index < -0.39 is 0 Å². The van der Waals surface area contributed by atoms with Crippen molar-refractivity contribution >= 4 is 17.1 Å². The first-order chi connectivity index (χ1) is 16.4. The monoisotopic (exact) mass is 454 g/mol. The van der Waals surface area contributed by atoms with Crippen LogP contribution < -0.4 is 5.32 Å². The molecule has 5 rings (SSSR count). The first kappa shape index (κ1) is 21.5. The van der Waals surface area contributed by atoms with Crippen molar-refractivity contribution in [3.63, 3.8) is 0 Å². The molecule has 168 valence electrons. The fraction of sp³-hybridized carbons (Fsp3) is 0.0741. The van der Waals surface area contributed by atoms with E-state index in [9.17, 15) is 13.6 Å². The normalized spacial score (nSPS) is 11.1. The van der Waals surface area contributed by atoms with Crippen LogP contribution >= 0.6 is 0 Å². The molecule has 0 radical (unpaired) electrons. The van der Waals surface area contributed by atoms with Gasteiger partial charge in [-0.2, -0.15) is 0 Å². The Morgan fingerprint density at radius 1 is 0.912 bits per heavy atom. The van der Waals surface area contributed by atoms with Crippen LogP contribution in [-0.2, 0) is 0 Å². The van der Waals surface area contributed by atoms with Gasteiger partial charge in [-0.25, -0.2) is 13.8 Å². The van der Waals surface area contributed by atoms with E-state index in [4.69, 9.17) is 0 Å². The van der Waals surface area contributed by atoms with Gasteiger partial charge in [0, 0.05) is 34.8 Å². The number of carbonyl (C=O) groups excluding carboxylic acids is 1. The van der Waals surface area contributed by atoms with Crippen LogP contribution in [0.25, 0.3) is 28.0 Å². The second kappa shape index (κ2) is 8.51. The molecule has 0 aliphatic heterocycles. The van der Waals surface area contributed by atoms with E-state index >= 15 is 0 Å². The van der Waals surface area contributed by atoms with Crippen molar-refractivity contribution in [2.75, 3.05) is 5.32 Å². The van der Waals surface area contributed by atoms with Gasteiger partial charge in [-0.05, 0) is 61.9 Å². The number of amides is 1. The summed E-state index contributed by atoms with van der Waals surface area (Å²) in [5, 5.41) is 2.78. The summed E-state index contributed by atoms with van der Waals surface area (Å²) in [5.74, 6) is -0.373. The van der Waals surface area contributed by atoms with Crippen molar-refractivity contribution in [1.82, 2.24) is 14.4 Å². The van der Waals surface area contributed by atoms with Crippen LogP contribution in [0.1, 0.15) is 21.6 Å². The summed E-state index contributed by atoms with van der Waals surface area (Å²) in [4.78, 5) is 21.9. The van der Waals surface area contributed by atoms with Crippen LogP contribution in [0.3, 0.4) is 0 Å². The summed E-state index contributed by atoms with van der Waals surface area (Å²) in [6.45, 7) is 3.49. The molecule has 0 aliphatic rings. The summed E-state index contributed by atoms with van der Waals surface area (Å²) in [6, 6.07) is 16.1. The lowest BCUT2D eigenvalue weighted by Gasteiger charge is -2.11. The molecule has 1 N–H and O–H groups in total. The third-order valence-corrected chi connectivity index (χ3v) is 5.82. The molecule has 2 aromatic carbocycles. The largest absolute Gasteiger partial charge is 0.322 e. The predicted octanol–water partition coefficient (Wildman–Crippen LogP) is 6.21. The van der Waals surface area contributed by atoms with Crippen molar-refractivity contribution in [2.24, 2.45) is 0 Å². The SMILES string of the molecule is Cc1ncc(-c2cccn3c(-c4cccc(F)c4C)ncc23)cc1C(=O)Nc1ccc(F)cc1. The Morgan fingerprint density at radius 2 is 1.68 bits per heavy atom. The molecule has 0 fully saturated rings. The molecule has 5 aromatic rings. The molecule has 34 heavy (non-hydrogen) atoms. The zero-order chi connectivity index (χ0) is 23.8. The van der Waals surface area contributed by atoms with Gasteiger partial charge in [-0.1, -0.05) is 18.2 Å². The highest BCUT2D eigenvalue weighted by Crippen LogP contribution is 2.31. The molecule has 3 aromatic heterocycles. The molecule has 7 heteroatoms. The Balaban J connectivity index is 1.55. The maximum Gasteiger partial charge on any atom is 0.257 e. The van der Waals surface area contributed by atoms with E-state index in [0.717, 1.165) is 16.6 Å². The maximum absolute atomic E-state index is 14.1. The highest BCUT2D eigenvalue weighted by Gasteiger charge is 2.16. The van der Waals surface area contributed by atoms with Crippen LogP contribution in [-0.4, -0.2) is 20.3 Å². The Kier molecular flexibility index (Phi) is 5.37. The van der Waals surface area contributed by atoms with Gasteiger partial charge >= 0.3 is 0 Å². The molecule has 0 unspecified atom stereocenters. The molecular weight excluding hydrogens is 434 g/mol. The second-order valence-corrected chi connectivity index (χ2v) is 7.99. The van der Waals surface area contributed by atoms with E-state index in [1.807, 2.05) is 28.8 Å². The van der Waals surface area contributed by atoms with Crippen LogP contribution in [0.2, 0.25) is 0 Å². The fourth-order valence-electron chi connectivity index (χ4n) is 3.96. The number of anilines is 1. The summed E-state index contributed by atoms with van der Waals surface area (Å²) in [5.41, 5.74) is 5.07. The zero-order valence-electron chi connectivity index (χ0n) is 18.5. The number of halogens is 2. The first-order valence-electron chi connectivity index (χ1n) is 10.7. The topological polar surface area (TPSA) is 59.3 Å². The lowest BCUT2D eigenvalue weighted by Crippen LogP contribution is -2.14. The summed E-state index contributed by atoms with van der Waals surface area (Å²) >= 11 is 0. The third kappa shape index (κ3) is 3.81. The molecule has 1 amide bonds. The highest BCUT2D eigenvalue weighted by atomic mass is 19.1. The quantitative estimate of drug-likeness (QED) is 0.351. The number of aromatic nitrogens is 3. The molecule has 0 aliphatic carbocycles. The van der Waals surface area contributed by atoms with E-state index in [2.05, 4.69) is 15.3 Å². The average Bonchev–Trinajstić information content (AvgIpc) is 3.27. The van der Waals surface area contributed by atoms with Crippen molar-refractivity contribution in [2.45, 2.75) is 13.8 Å². The molecular formula is C27H20F2N4O. The van der Waals surface area contributed by atoms with Crippen LogP contribution in [0.15, 0.2) is 79.3 Å². The number of hydrogen-bond acceptors (Lipinski definition) is 3. The predicted molar refractivity (Wildman–Crippen MR) is 128 cm³/mol. The van der Waals surface area contributed by atoms with Gasteiger partial charge in [0.05, 0.1) is 23.0 Å². The van der Waals surface area contributed by atoms with Gasteiger partial charge in [0.15, 0.2) is 0 Å². The molecule has 0 saturated carbocycles. The first-order valence-corrected chi connectivity index (χ1v) is 10.7. The Morgan fingerprint density at radius 3 is 2.47 bits per heavy atom. The number of nitrogens with one attached hydrogen (secondary N) is 1. The Labute approximate surface area is 194 Å². The van der Waals surface area contributed by atoms with Crippen molar-refractivity contribution in [3.05, 3.63) is 108 Å². The number of hydrogen-bond donors (Lipinski definition) is 1. The van der Waals surface area contributed by atoms with Gasteiger partial charge in [0.25, 0.3) is 5.91 Å². The van der Waals surface area contributed by atoms with Gasteiger partial charge in [0.2, 0.25) is 0 Å². The van der Waals surface area contributed by atoms with Gasteiger partial charge in [0.1, 0.15) is 17.5 Å². The number of benzene rings is 2. The Hall–Kier alpha value is -4.39. The van der Waals surface area contributed by atoms with E-state index in [-0.39, 0.29) is 17.5 Å². The van der Waals surface area contributed by atoms with Crippen LogP contribution in [0, 0.1) is 25.5 Å². The second-order valence-electron chi connectivity index (χ2n) is 7.99. The third-order valence-electron chi connectivity index (χ3n) is 5.82. The number of rotatable bonds is 4. The molecule has 5 nitrogen and oxygen atoms in total. The molecule has 3 heterocycles. The number of imidazole rings is 1. The van der Waals surface area contributed by atoms with E-state index in [1.165, 1.54) is 30.3 Å².